The number of hydrogen-bond acceptors (Lipinski definition) is 3. The molecule has 1 saturated carbocycles. The Hall–Kier alpha value is -1.06. The standard InChI is InChI=1S/C17H26N2O/c1-13(14-7-9-15(20-2)10-8-14)19-12-11-18-16-5-3-4-6-17(16)19/h7-10,13,16-18H,3-6,11-12H2,1-2H3/t13-,16-,17-/m0/s1. The average Bonchev–Trinajstić information content (AvgIpc) is 2.54. The third kappa shape index (κ3) is 2.70. The van der Waals surface area contributed by atoms with Crippen molar-refractivity contribution in [2.75, 3.05) is 20.2 Å². The summed E-state index contributed by atoms with van der Waals surface area (Å²) in [4.78, 5) is 2.71. The van der Waals surface area contributed by atoms with Gasteiger partial charge in [-0.1, -0.05) is 25.0 Å². The van der Waals surface area contributed by atoms with Crippen LogP contribution in [0.25, 0.3) is 0 Å². The van der Waals surface area contributed by atoms with Gasteiger partial charge in [0.25, 0.3) is 0 Å². The molecule has 1 heterocycles. The first kappa shape index (κ1) is 13.9. The second-order valence-electron chi connectivity index (χ2n) is 6.10. The van der Waals surface area contributed by atoms with Crippen molar-refractivity contribution in [1.29, 1.82) is 0 Å². The van der Waals surface area contributed by atoms with Crippen LogP contribution in [-0.2, 0) is 0 Å². The first-order valence-electron chi connectivity index (χ1n) is 7.92. The Bertz CT molecular complexity index is 429. The highest BCUT2D eigenvalue weighted by Gasteiger charge is 2.35. The molecule has 110 valence electrons. The Labute approximate surface area is 122 Å². The molecule has 0 radical (unpaired) electrons. The SMILES string of the molecule is COc1ccc([C@H](C)N2CCN[C@H]3CCCC[C@@H]32)cc1. The quantitative estimate of drug-likeness (QED) is 0.917. The lowest BCUT2D eigenvalue weighted by molar-refractivity contribution is 0.0550. The largest absolute Gasteiger partial charge is 0.497 e. The zero-order chi connectivity index (χ0) is 13.9. The summed E-state index contributed by atoms with van der Waals surface area (Å²) in [6.45, 7) is 4.63. The summed E-state index contributed by atoms with van der Waals surface area (Å²) < 4.78 is 5.26. The van der Waals surface area contributed by atoms with Gasteiger partial charge in [-0.3, -0.25) is 4.90 Å². The van der Waals surface area contributed by atoms with Crippen molar-refractivity contribution in [2.45, 2.75) is 50.7 Å². The van der Waals surface area contributed by atoms with Crippen LogP contribution >= 0.6 is 0 Å². The lowest BCUT2D eigenvalue weighted by Crippen LogP contribution is -2.59. The third-order valence-electron chi connectivity index (χ3n) is 5.03. The predicted molar refractivity (Wildman–Crippen MR) is 82.2 cm³/mol. The van der Waals surface area contributed by atoms with Crippen molar-refractivity contribution >= 4 is 0 Å². The molecule has 0 unspecified atom stereocenters. The van der Waals surface area contributed by atoms with Gasteiger partial charge in [0.1, 0.15) is 5.75 Å². The molecule has 2 fully saturated rings. The normalized spacial score (nSPS) is 28.7. The van der Waals surface area contributed by atoms with Gasteiger partial charge >= 0.3 is 0 Å². The minimum atomic E-state index is 0.494. The Kier molecular flexibility index (Phi) is 4.27. The molecule has 3 heteroatoms. The van der Waals surface area contributed by atoms with Gasteiger partial charge in [-0.05, 0) is 37.5 Å². The van der Waals surface area contributed by atoms with E-state index in [4.69, 9.17) is 4.74 Å². The van der Waals surface area contributed by atoms with Crippen LogP contribution in [0.1, 0.15) is 44.2 Å². The Morgan fingerprint density at radius 1 is 1.20 bits per heavy atom. The number of nitrogens with one attached hydrogen (secondary N) is 1. The number of ether oxygens (including phenoxy) is 1. The molecule has 3 atom stereocenters. The van der Waals surface area contributed by atoms with Gasteiger partial charge in [-0.15, -0.1) is 0 Å². The Morgan fingerprint density at radius 2 is 1.95 bits per heavy atom. The van der Waals surface area contributed by atoms with E-state index >= 15 is 0 Å². The molecule has 0 spiro atoms. The highest BCUT2D eigenvalue weighted by molar-refractivity contribution is 5.29. The summed E-state index contributed by atoms with van der Waals surface area (Å²) in [6, 6.07) is 10.5. The molecule has 3 rings (SSSR count). The molecule has 1 aromatic rings. The van der Waals surface area contributed by atoms with E-state index < -0.39 is 0 Å². The van der Waals surface area contributed by atoms with Crippen LogP contribution in [0.3, 0.4) is 0 Å². The number of nitrogens with zero attached hydrogens (tertiary/aromatic N) is 1. The van der Waals surface area contributed by atoms with Crippen molar-refractivity contribution in [1.82, 2.24) is 10.2 Å². The molecule has 1 aliphatic heterocycles. The monoisotopic (exact) mass is 274 g/mol. The van der Waals surface area contributed by atoms with E-state index in [1.165, 1.54) is 31.2 Å². The number of hydrogen-bond donors (Lipinski definition) is 1. The van der Waals surface area contributed by atoms with E-state index in [9.17, 15) is 0 Å². The Morgan fingerprint density at radius 3 is 2.70 bits per heavy atom. The van der Waals surface area contributed by atoms with E-state index in [1.807, 2.05) is 0 Å². The van der Waals surface area contributed by atoms with Gasteiger partial charge in [0.05, 0.1) is 7.11 Å². The highest BCUT2D eigenvalue weighted by Crippen LogP contribution is 2.32. The topological polar surface area (TPSA) is 24.5 Å². The fourth-order valence-corrected chi connectivity index (χ4v) is 3.85. The maximum absolute atomic E-state index is 5.26. The molecule has 1 aliphatic carbocycles. The van der Waals surface area contributed by atoms with Crippen LogP contribution in [0.5, 0.6) is 5.75 Å². The summed E-state index contributed by atoms with van der Waals surface area (Å²) in [5.41, 5.74) is 1.40. The third-order valence-corrected chi connectivity index (χ3v) is 5.03. The molecule has 20 heavy (non-hydrogen) atoms. The predicted octanol–water partition coefficient (Wildman–Crippen LogP) is 2.97. The van der Waals surface area contributed by atoms with Crippen molar-refractivity contribution in [3.8, 4) is 5.75 Å². The molecule has 1 saturated heterocycles. The van der Waals surface area contributed by atoms with E-state index in [-0.39, 0.29) is 0 Å². The van der Waals surface area contributed by atoms with Crippen LogP contribution in [0.15, 0.2) is 24.3 Å². The van der Waals surface area contributed by atoms with Crippen molar-refractivity contribution < 1.29 is 4.74 Å². The molecule has 3 nitrogen and oxygen atoms in total. The van der Waals surface area contributed by atoms with Crippen LogP contribution in [0.4, 0.5) is 0 Å². The van der Waals surface area contributed by atoms with Crippen LogP contribution in [0, 0.1) is 0 Å². The molecular weight excluding hydrogens is 248 g/mol. The number of fused-ring (bicyclic) bond motifs is 1. The molecule has 0 bridgehead atoms. The molecule has 1 N–H and O–H groups in total. The van der Waals surface area contributed by atoms with Crippen molar-refractivity contribution in [2.24, 2.45) is 0 Å². The first-order valence-corrected chi connectivity index (χ1v) is 7.92. The second-order valence-corrected chi connectivity index (χ2v) is 6.10. The van der Waals surface area contributed by atoms with Gasteiger partial charge in [0, 0.05) is 31.2 Å². The zero-order valence-corrected chi connectivity index (χ0v) is 12.6. The van der Waals surface area contributed by atoms with E-state index in [0.29, 0.717) is 12.1 Å². The number of rotatable bonds is 3. The number of methoxy groups -OCH3 is 1. The van der Waals surface area contributed by atoms with E-state index in [0.717, 1.165) is 24.9 Å². The number of piperazine rings is 1. The smallest absolute Gasteiger partial charge is 0.118 e. The lowest BCUT2D eigenvalue weighted by Gasteiger charge is -2.47. The zero-order valence-electron chi connectivity index (χ0n) is 12.6. The van der Waals surface area contributed by atoms with Crippen LogP contribution in [-0.4, -0.2) is 37.2 Å². The van der Waals surface area contributed by atoms with Crippen molar-refractivity contribution in [3.63, 3.8) is 0 Å². The number of benzene rings is 1. The lowest BCUT2D eigenvalue weighted by atomic mass is 9.86. The molecule has 2 aliphatic rings. The summed E-state index contributed by atoms with van der Waals surface area (Å²) in [7, 11) is 1.72. The summed E-state index contributed by atoms with van der Waals surface area (Å²) in [6.07, 6.45) is 5.46. The minimum Gasteiger partial charge on any atom is -0.497 e. The summed E-state index contributed by atoms with van der Waals surface area (Å²) in [5, 5.41) is 3.71. The van der Waals surface area contributed by atoms with Gasteiger partial charge in [-0.25, -0.2) is 0 Å². The highest BCUT2D eigenvalue weighted by atomic mass is 16.5. The van der Waals surface area contributed by atoms with Gasteiger partial charge in [0.15, 0.2) is 0 Å². The maximum atomic E-state index is 5.26. The van der Waals surface area contributed by atoms with Crippen LogP contribution < -0.4 is 10.1 Å². The van der Waals surface area contributed by atoms with Gasteiger partial charge in [-0.2, -0.15) is 0 Å². The molecule has 0 aromatic heterocycles. The van der Waals surface area contributed by atoms with Crippen LogP contribution in [0.2, 0.25) is 0 Å². The second kappa shape index (κ2) is 6.15. The molecular formula is C17H26N2O. The Balaban J connectivity index is 1.75. The molecule has 1 aromatic carbocycles. The van der Waals surface area contributed by atoms with E-state index in [1.54, 1.807) is 7.11 Å². The van der Waals surface area contributed by atoms with Crippen molar-refractivity contribution in [3.05, 3.63) is 29.8 Å². The summed E-state index contributed by atoms with van der Waals surface area (Å²) >= 11 is 0. The first-order chi connectivity index (χ1) is 9.79. The minimum absolute atomic E-state index is 0.494. The van der Waals surface area contributed by atoms with E-state index in [2.05, 4.69) is 41.4 Å². The fourth-order valence-electron chi connectivity index (χ4n) is 3.85. The fraction of sp³-hybridized carbons (Fsp3) is 0.647. The summed E-state index contributed by atoms with van der Waals surface area (Å²) in [5.74, 6) is 0.941. The van der Waals surface area contributed by atoms with Gasteiger partial charge < -0.3 is 10.1 Å². The van der Waals surface area contributed by atoms with Gasteiger partial charge in [0.2, 0.25) is 0 Å². The molecule has 0 amide bonds. The average molecular weight is 274 g/mol. The maximum Gasteiger partial charge on any atom is 0.118 e.